The number of carbonyl (C=O) groups excluding carboxylic acids is 1. The lowest BCUT2D eigenvalue weighted by Gasteiger charge is -2.24. The van der Waals surface area contributed by atoms with Crippen molar-refractivity contribution in [3.63, 3.8) is 0 Å². The molecule has 0 spiro atoms. The first-order valence-electron chi connectivity index (χ1n) is 8.74. The Bertz CT molecular complexity index is 727. The second kappa shape index (κ2) is 9.35. The molecule has 2 N–H and O–H groups in total. The van der Waals surface area contributed by atoms with Crippen molar-refractivity contribution in [2.45, 2.75) is 45.2 Å². The van der Waals surface area contributed by atoms with Crippen LogP contribution in [-0.2, 0) is 4.79 Å². The summed E-state index contributed by atoms with van der Waals surface area (Å²) in [5, 5.41) is 7.40. The zero-order chi connectivity index (χ0) is 17.8. The minimum Gasteiger partial charge on any atom is -0.497 e. The second-order valence-corrected chi connectivity index (χ2v) is 7.46. The second-order valence-electron chi connectivity index (χ2n) is 6.43. The molecule has 2 aromatic rings. The van der Waals surface area contributed by atoms with Gasteiger partial charge in [0.15, 0.2) is 0 Å². The van der Waals surface area contributed by atoms with Gasteiger partial charge in [0.1, 0.15) is 10.8 Å². The maximum absolute atomic E-state index is 12.4. The number of nitrogens with one attached hydrogen (secondary N) is 2. The smallest absolute Gasteiger partial charge is 0.237 e. The van der Waals surface area contributed by atoms with E-state index in [1.165, 1.54) is 0 Å². The van der Waals surface area contributed by atoms with Crippen LogP contribution in [0.15, 0.2) is 24.3 Å². The van der Waals surface area contributed by atoms with E-state index in [2.05, 4.69) is 15.6 Å². The van der Waals surface area contributed by atoms with Gasteiger partial charge in [-0.25, -0.2) is 4.98 Å². The maximum atomic E-state index is 12.4. The number of rotatable bonds is 5. The number of benzene rings is 1. The van der Waals surface area contributed by atoms with Crippen LogP contribution in [0.5, 0.6) is 5.75 Å². The molecule has 1 aliphatic heterocycles. The fourth-order valence-corrected chi connectivity index (χ4v) is 4.20. The molecular weight excluding hydrogens is 370 g/mol. The number of carbonyl (C=O) groups is 1. The number of piperidine rings is 1. The molecule has 1 amide bonds. The number of thiazole rings is 1. The fourth-order valence-electron chi connectivity index (χ4n) is 3.12. The monoisotopic (exact) mass is 395 g/mol. The van der Waals surface area contributed by atoms with Crippen molar-refractivity contribution in [2.24, 2.45) is 0 Å². The van der Waals surface area contributed by atoms with Gasteiger partial charge in [-0.1, -0.05) is 6.42 Å². The Kier molecular flexibility index (Phi) is 7.43. The van der Waals surface area contributed by atoms with Crippen LogP contribution in [0.1, 0.15) is 42.8 Å². The number of ether oxygens (including phenoxy) is 1. The molecule has 1 fully saturated rings. The molecule has 0 radical (unpaired) electrons. The lowest BCUT2D eigenvalue weighted by molar-refractivity contribution is -0.124. The number of hydrogen-bond donors (Lipinski definition) is 2. The van der Waals surface area contributed by atoms with Crippen LogP contribution in [0.2, 0.25) is 0 Å². The van der Waals surface area contributed by atoms with Gasteiger partial charge in [0, 0.05) is 5.56 Å². The minimum atomic E-state index is -0.0644. The van der Waals surface area contributed by atoms with Crippen LogP contribution in [0.3, 0.4) is 0 Å². The van der Waals surface area contributed by atoms with Gasteiger partial charge in [0.05, 0.1) is 29.8 Å². The zero-order valence-corrected chi connectivity index (χ0v) is 17.0. The number of hydrogen-bond acceptors (Lipinski definition) is 5. The van der Waals surface area contributed by atoms with Crippen LogP contribution in [0, 0.1) is 6.92 Å². The van der Waals surface area contributed by atoms with Gasteiger partial charge < -0.3 is 15.4 Å². The highest BCUT2D eigenvalue weighted by Crippen LogP contribution is 2.32. The summed E-state index contributed by atoms with van der Waals surface area (Å²) in [6.07, 6.45) is 3.18. The van der Waals surface area contributed by atoms with Crippen molar-refractivity contribution < 1.29 is 9.53 Å². The Hall–Kier alpha value is -1.63. The van der Waals surface area contributed by atoms with E-state index in [1.807, 2.05) is 38.1 Å². The first-order valence-corrected chi connectivity index (χ1v) is 9.55. The van der Waals surface area contributed by atoms with Crippen molar-refractivity contribution in [1.82, 2.24) is 15.6 Å². The molecule has 2 atom stereocenters. The number of nitrogens with zero attached hydrogens (tertiary/aromatic N) is 1. The molecule has 0 aliphatic carbocycles. The SMILES string of the molecule is COc1ccc(-c2nc(C)c(C(C)NC(=O)C3CCCCN3)s2)cc1.Cl. The Morgan fingerprint density at radius 3 is 2.69 bits per heavy atom. The molecule has 5 nitrogen and oxygen atoms in total. The topological polar surface area (TPSA) is 63.2 Å². The highest BCUT2D eigenvalue weighted by Gasteiger charge is 2.24. The molecule has 7 heteroatoms. The number of amides is 1. The van der Waals surface area contributed by atoms with Crippen molar-refractivity contribution in [3.8, 4) is 16.3 Å². The molecule has 26 heavy (non-hydrogen) atoms. The van der Waals surface area contributed by atoms with Gasteiger partial charge in [-0.3, -0.25) is 4.79 Å². The molecule has 1 aromatic heterocycles. The molecule has 2 heterocycles. The lowest BCUT2D eigenvalue weighted by atomic mass is 10.0. The highest BCUT2D eigenvalue weighted by atomic mass is 35.5. The molecule has 142 valence electrons. The molecule has 1 saturated heterocycles. The molecule has 0 saturated carbocycles. The van der Waals surface area contributed by atoms with Crippen molar-refractivity contribution in [2.75, 3.05) is 13.7 Å². The Labute approximate surface area is 165 Å². The molecule has 1 aromatic carbocycles. The summed E-state index contributed by atoms with van der Waals surface area (Å²) in [6.45, 7) is 4.95. The first kappa shape index (κ1) is 20.7. The van der Waals surface area contributed by atoms with E-state index in [1.54, 1.807) is 18.4 Å². The average Bonchev–Trinajstić information content (AvgIpc) is 3.04. The number of aromatic nitrogens is 1. The van der Waals surface area contributed by atoms with Crippen LogP contribution >= 0.6 is 23.7 Å². The Morgan fingerprint density at radius 1 is 1.35 bits per heavy atom. The number of aryl methyl sites for hydroxylation is 1. The molecule has 2 unspecified atom stereocenters. The largest absolute Gasteiger partial charge is 0.497 e. The molecule has 1 aliphatic rings. The van der Waals surface area contributed by atoms with Gasteiger partial charge in [0.2, 0.25) is 5.91 Å². The lowest BCUT2D eigenvalue weighted by Crippen LogP contribution is -2.47. The van der Waals surface area contributed by atoms with Crippen molar-refractivity contribution >= 4 is 29.7 Å². The van der Waals surface area contributed by atoms with E-state index in [9.17, 15) is 4.79 Å². The van der Waals surface area contributed by atoms with Gasteiger partial charge in [-0.15, -0.1) is 23.7 Å². The Balaban J connectivity index is 0.00000243. The van der Waals surface area contributed by atoms with Crippen LogP contribution in [0.4, 0.5) is 0 Å². The maximum Gasteiger partial charge on any atom is 0.237 e. The highest BCUT2D eigenvalue weighted by molar-refractivity contribution is 7.15. The predicted molar refractivity (Wildman–Crippen MR) is 108 cm³/mol. The summed E-state index contributed by atoms with van der Waals surface area (Å²) in [5.74, 6) is 0.920. The Morgan fingerprint density at radius 2 is 2.08 bits per heavy atom. The minimum absolute atomic E-state index is 0. The van der Waals surface area contributed by atoms with Gasteiger partial charge >= 0.3 is 0 Å². The van der Waals surface area contributed by atoms with Crippen LogP contribution in [-0.4, -0.2) is 30.6 Å². The standard InChI is InChI=1S/C19H25N3O2S.ClH/c1-12(21-18(23)16-6-4-5-11-20-16)17-13(2)22-19(25-17)14-7-9-15(24-3)10-8-14;/h7-10,12,16,20H,4-6,11H2,1-3H3,(H,21,23);1H. The summed E-state index contributed by atoms with van der Waals surface area (Å²) >= 11 is 1.64. The third kappa shape index (κ3) is 4.75. The fraction of sp³-hybridized carbons (Fsp3) is 0.474. The summed E-state index contributed by atoms with van der Waals surface area (Å²) in [7, 11) is 1.66. The van der Waals surface area contributed by atoms with Gasteiger partial charge in [0.25, 0.3) is 0 Å². The predicted octanol–water partition coefficient (Wildman–Crippen LogP) is 3.87. The summed E-state index contributed by atoms with van der Waals surface area (Å²) < 4.78 is 5.20. The third-order valence-electron chi connectivity index (χ3n) is 4.55. The van der Waals surface area contributed by atoms with E-state index < -0.39 is 0 Å². The average molecular weight is 396 g/mol. The molecule has 3 rings (SSSR count). The van der Waals surface area contributed by atoms with E-state index in [0.29, 0.717) is 0 Å². The van der Waals surface area contributed by atoms with E-state index in [4.69, 9.17) is 4.74 Å². The number of halogens is 1. The normalized spacial score (nSPS) is 17.9. The summed E-state index contributed by atoms with van der Waals surface area (Å²) in [5.41, 5.74) is 2.04. The zero-order valence-electron chi connectivity index (χ0n) is 15.4. The van der Waals surface area contributed by atoms with Gasteiger partial charge in [-0.05, 0) is 57.5 Å². The quantitative estimate of drug-likeness (QED) is 0.806. The summed E-state index contributed by atoms with van der Waals surface area (Å²) in [4.78, 5) is 18.2. The third-order valence-corrected chi connectivity index (χ3v) is 5.94. The van der Waals surface area contributed by atoms with Crippen molar-refractivity contribution in [1.29, 1.82) is 0 Å². The first-order chi connectivity index (χ1) is 12.1. The van der Waals surface area contributed by atoms with E-state index >= 15 is 0 Å². The van der Waals surface area contributed by atoms with E-state index in [0.717, 1.165) is 52.7 Å². The van der Waals surface area contributed by atoms with Crippen LogP contribution < -0.4 is 15.4 Å². The van der Waals surface area contributed by atoms with Crippen LogP contribution in [0.25, 0.3) is 10.6 Å². The van der Waals surface area contributed by atoms with E-state index in [-0.39, 0.29) is 30.4 Å². The van der Waals surface area contributed by atoms with Crippen molar-refractivity contribution in [3.05, 3.63) is 34.8 Å². The molecule has 0 bridgehead atoms. The van der Waals surface area contributed by atoms with Gasteiger partial charge in [-0.2, -0.15) is 0 Å². The molecular formula is C19H26ClN3O2S. The number of methoxy groups -OCH3 is 1. The summed E-state index contributed by atoms with van der Waals surface area (Å²) in [6, 6.07) is 7.79.